The molecule has 3 heterocycles. The number of rotatable bonds is 6. The van der Waals surface area contributed by atoms with Gasteiger partial charge in [0, 0.05) is 34.8 Å². The summed E-state index contributed by atoms with van der Waals surface area (Å²) in [5.41, 5.74) is 1.36. The van der Waals surface area contributed by atoms with Crippen molar-refractivity contribution in [1.29, 1.82) is 0 Å². The van der Waals surface area contributed by atoms with Crippen LogP contribution in [0.2, 0.25) is 5.02 Å². The lowest BCUT2D eigenvalue weighted by atomic mass is 10.2. The number of nitrogens with one attached hydrogen (secondary N) is 1. The van der Waals surface area contributed by atoms with Crippen LogP contribution in [0.3, 0.4) is 0 Å². The van der Waals surface area contributed by atoms with Gasteiger partial charge in [-0.15, -0.1) is 11.3 Å². The van der Waals surface area contributed by atoms with Gasteiger partial charge in [-0.05, 0) is 50.1 Å². The van der Waals surface area contributed by atoms with Gasteiger partial charge in [0.05, 0.1) is 12.6 Å². The van der Waals surface area contributed by atoms with Crippen LogP contribution in [-0.4, -0.2) is 35.6 Å². The maximum absolute atomic E-state index is 12.5. The van der Waals surface area contributed by atoms with Gasteiger partial charge in [-0.1, -0.05) is 17.7 Å². The summed E-state index contributed by atoms with van der Waals surface area (Å²) in [6, 6.07) is 10.1. The molecule has 1 saturated heterocycles. The molecule has 1 fully saturated rings. The predicted molar refractivity (Wildman–Crippen MR) is 118 cm³/mol. The molecule has 9 heteroatoms. The van der Waals surface area contributed by atoms with E-state index in [2.05, 4.69) is 10.3 Å². The van der Waals surface area contributed by atoms with Gasteiger partial charge in [-0.25, -0.2) is 0 Å². The van der Waals surface area contributed by atoms with E-state index in [1.54, 1.807) is 36.4 Å². The van der Waals surface area contributed by atoms with Crippen LogP contribution in [0.5, 0.6) is 0 Å². The third kappa shape index (κ3) is 5.33. The van der Waals surface area contributed by atoms with Gasteiger partial charge >= 0.3 is 0 Å². The molecule has 1 atom stereocenters. The summed E-state index contributed by atoms with van der Waals surface area (Å²) in [6.45, 7) is 3.51. The third-order valence-corrected chi connectivity index (χ3v) is 6.19. The van der Waals surface area contributed by atoms with E-state index in [9.17, 15) is 9.59 Å². The van der Waals surface area contributed by atoms with Gasteiger partial charge in [-0.2, -0.15) is 4.99 Å². The van der Waals surface area contributed by atoms with Crippen molar-refractivity contribution in [2.24, 2.45) is 4.99 Å². The smallest absolute Gasteiger partial charge is 0.287 e. The monoisotopic (exact) mass is 459 g/mol. The minimum absolute atomic E-state index is 0.0728. The molecule has 0 bridgehead atoms. The Labute approximate surface area is 188 Å². The van der Waals surface area contributed by atoms with Crippen LogP contribution in [0.15, 0.2) is 51.2 Å². The van der Waals surface area contributed by atoms with E-state index in [0.29, 0.717) is 34.2 Å². The lowest BCUT2D eigenvalue weighted by Gasteiger charge is -2.09. The van der Waals surface area contributed by atoms with Crippen molar-refractivity contribution in [3.05, 3.63) is 74.4 Å². The van der Waals surface area contributed by atoms with Crippen molar-refractivity contribution in [3.8, 4) is 0 Å². The SMILES string of the molecule is Cc1csc(=NC(=O)c2cccc(Cl)c2)n1Cc1ccc(C(=O)NCC2CCCO2)o1. The molecule has 1 aromatic carbocycles. The van der Waals surface area contributed by atoms with E-state index >= 15 is 0 Å². The zero-order chi connectivity index (χ0) is 21.8. The molecule has 4 rings (SSSR count). The van der Waals surface area contributed by atoms with E-state index in [1.165, 1.54) is 11.3 Å². The number of carbonyl (C=O) groups excluding carboxylic acids is 2. The van der Waals surface area contributed by atoms with E-state index in [4.69, 9.17) is 20.8 Å². The van der Waals surface area contributed by atoms with Gasteiger partial charge < -0.3 is 19.0 Å². The molecule has 0 saturated carbocycles. The highest BCUT2D eigenvalue weighted by Crippen LogP contribution is 2.14. The van der Waals surface area contributed by atoms with Crippen molar-refractivity contribution in [2.75, 3.05) is 13.2 Å². The normalized spacial score (nSPS) is 16.6. The van der Waals surface area contributed by atoms with Crippen LogP contribution < -0.4 is 10.1 Å². The van der Waals surface area contributed by atoms with E-state index in [-0.39, 0.29) is 23.7 Å². The molecule has 1 aliphatic heterocycles. The summed E-state index contributed by atoms with van der Waals surface area (Å²) >= 11 is 7.34. The number of aryl methyl sites for hydroxylation is 1. The number of ether oxygens (including phenoxy) is 1. The lowest BCUT2D eigenvalue weighted by Crippen LogP contribution is -2.31. The second-order valence-electron chi connectivity index (χ2n) is 7.28. The molecular weight excluding hydrogens is 438 g/mol. The van der Waals surface area contributed by atoms with E-state index < -0.39 is 0 Å². The molecule has 31 heavy (non-hydrogen) atoms. The Morgan fingerprint density at radius 1 is 1.32 bits per heavy atom. The fraction of sp³-hybridized carbons (Fsp3) is 0.318. The fourth-order valence-electron chi connectivity index (χ4n) is 3.31. The Bertz CT molecular complexity index is 1160. The number of hydrogen-bond acceptors (Lipinski definition) is 5. The van der Waals surface area contributed by atoms with Crippen molar-refractivity contribution in [2.45, 2.75) is 32.4 Å². The van der Waals surface area contributed by atoms with Gasteiger partial charge in [0.2, 0.25) is 0 Å². The average molecular weight is 460 g/mol. The van der Waals surface area contributed by atoms with Crippen molar-refractivity contribution >= 4 is 34.8 Å². The second kappa shape index (κ2) is 9.64. The minimum Gasteiger partial charge on any atom is -0.454 e. The second-order valence-corrected chi connectivity index (χ2v) is 8.56. The number of aromatic nitrogens is 1. The molecule has 0 spiro atoms. The predicted octanol–water partition coefficient (Wildman–Crippen LogP) is 3.80. The Kier molecular flexibility index (Phi) is 6.70. The number of furan rings is 1. The highest BCUT2D eigenvalue weighted by Gasteiger charge is 2.18. The first-order chi connectivity index (χ1) is 15.0. The summed E-state index contributed by atoms with van der Waals surface area (Å²) in [5.74, 6) is 0.206. The molecule has 2 amide bonds. The van der Waals surface area contributed by atoms with Crippen LogP contribution in [0.4, 0.5) is 0 Å². The number of amides is 2. The maximum atomic E-state index is 12.5. The summed E-state index contributed by atoms with van der Waals surface area (Å²) in [6.07, 6.45) is 2.05. The molecule has 1 aliphatic rings. The number of carbonyl (C=O) groups is 2. The molecule has 1 N–H and O–H groups in total. The third-order valence-electron chi connectivity index (χ3n) is 4.97. The van der Waals surface area contributed by atoms with Gasteiger partial charge in [0.25, 0.3) is 11.8 Å². The van der Waals surface area contributed by atoms with Gasteiger partial charge in [0.1, 0.15) is 5.76 Å². The quantitative estimate of drug-likeness (QED) is 0.607. The molecule has 2 aromatic heterocycles. The Balaban J connectivity index is 1.47. The Hall–Kier alpha value is -2.68. The highest BCUT2D eigenvalue weighted by atomic mass is 35.5. The Morgan fingerprint density at radius 2 is 2.19 bits per heavy atom. The van der Waals surface area contributed by atoms with Crippen molar-refractivity contribution < 1.29 is 18.7 Å². The molecule has 0 radical (unpaired) electrons. The van der Waals surface area contributed by atoms with Crippen LogP contribution in [0.1, 0.15) is 45.2 Å². The van der Waals surface area contributed by atoms with Crippen LogP contribution in [0.25, 0.3) is 0 Å². The largest absolute Gasteiger partial charge is 0.454 e. The van der Waals surface area contributed by atoms with Crippen LogP contribution >= 0.6 is 22.9 Å². The summed E-state index contributed by atoms with van der Waals surface area (Å²) in [5, 5.41) is 5.25. The van der Waals surface area contributed by atoms with Gasteiger partial charge in [0.15, 0.2) is 10.6 Å². The average Bonchev–Trinajstić information content (AvgIpc) is 3.51. The molecular formula is C22H22ClN3O4S. The standard InChI is InChI=1S/C22H22ClN3O4S/c1-14-13-31-22(25-20(27)15-4-2-5-16(23)10-15)26(14)12-18-7-8-19(30-18)21(28)24-11-17-6-3-9-29-17/h2,4-5,7-8,10,13,17H,3,6,9,11-12H2,1H3,(H,24,28). The van der Waals surface area contributed by atoms with Crippen LogP contribution in [0, 0.1) is 6.92 Å². The fourth-order valence-corrected chi connectivity index (χ4v) is 4.37. The van der Waals surface area contributed by atoms with Crippen molar-refractivity contribution in [3.63, 3.8) is 0 Å². The molecule has 7 nitrogen and oxygen atoms in total. The first-order valence-electron chi connectivity index (χ1n) is 9.97. The van der Waals surface area contributed by atoms with Gasteiger partial charge in [-0.3, -0.25) is 9.59 Å². The van der Waals surface area contributed by atoms with Crippen LogP contribution in [-0.2, 0) is 11.3 Å². The first-order valence-corrected chi connectivity index (χ1v) is 11.2. The summed E-state index contributed by atoms with van der Waals surface area (Å²) in [4.78, 5) is 29.7. The number of hydrogen-bond donors (Lipinski definition) is 1. The Morgan fingerprint density at radius 3 is 2.97 bits per heavy atom. The maximum Gasteiger partial charge on any atom is 0.287 e. The number of thiazole rings is 1. The lowest BCUT2D eigenvalue weighted by molar-refractivity contribution is 0.0833. The summed E-state index contributed by atoms with van der Waals surface area (Å²) < 4.78 is 13.1. The highest BCUT2D eigenvalue weighted by molar-refractivity contribution is 7.07. The molecule has 0 aliphatic carbocycles. The number of benzene rings is 1. The molecule has 162 valence electrons. The minimum atomic E-state index is -0.369. The molecule has 1 unspecified atom stereocenters. The topological polar surface area (TPSA) is 85.8 Å². The summed E-state index contributed by atoms with van der Waals surface area (Å²) in [7, 11) is 0. The van der Waals surface area contributed by atoms with E-state index in [1.807, 2.05) is 16.9 Å². The number of nitrogens with zero attached hydrogens (tertiary/aromatic N) is 2. The zero-order valence-electron chi connectivity index (χ0n) is 17.0. The number of halogens is 1. The van der Waals surface area contributed by atoms with Crippen molar-refractivity contribution in [1.82, 2.24) is 9.88 Å². The zero-order valence-corrected chi connectivity index (χ0v) is 18.5. The molecule has 3 aromatic rings. The van der Waals surface area contributed by atoms with E-state index in [0.717, 1.165) is 25.1 Å². The first kappa shape index (κ1) is 21.5.